The van der Waals surface area contributed by atoms with Crippen LogP contribution >= 0.6 is 0 Å². The summed E-state index contributed by atoms with van der Waals surface area (Å²) >= 11 is 0. The number of hydrogen-bond donors (Lipinski definition) is 2. The monoisotopic (exact) mass is 444 g/mol. The molecule has 1 saturated heterocycles. The van der Waals surface area contributed by atoms with E-state index in [0.717, 1.165) is 23.2 Å². The Bertz CT molecular complexity index is 1110. The Kier molecular flexibility index (Phi) is 6.82. The zero-order chi connectivity index (χ0) is 23.4. The second kappa shape index (κ2) is 9.94. The molecule has 0 unspecified atom stereocenters. The molecule has 0 spiro atoms. The number of nitrogens with zero attached hydrogens (tertiary/aromatic N) is 3. The molecule has 7 heteroatoms. The number of aromatic nitrogens is 1. The molecule has 33 heavy (non-hydrogen) atoms. The zero-order valence-corrected chi connectivity index (χ0v) is 18.8. The average molecular weight is 445 g/mol. The number of carbonyl (C=O) groups excluding carboxylic acids is 2. The van der Waals surface area contributed by atoms with Gasteiger partial charge in [0.1, 0.15) is 0 Å². The van der Waals surface area contributed by atoms with E-state index < -0.39 is 5.91 Å². The molecule has 2 heterocycles. The van der Waals surface area contributed by atoms with Crippen molar-refractivity contribution in [1.29, 1.82) is 0 Å². The number of nitrogens with one attached hydrogen (secondary N) is 1. The van der Waals surface area contributed by atoms with E-state index in [9.17, 15) is 9.59 Å². The quantitative estimate of drug-likeness (QED) is 0.464. The summed E-state index contributed by atoms with van der Waals surface area (Å²) in [5.74, 6) is -0.485. The SMILES string of the molecule is C[C@@H]1CN(C(=O)c2cccc(-c3cccnc3)c2)C[C@H](C)N1Cc1ccc(C(=O)NO)cc1. The van der Waals surface area contributed by atoms with Gasteiger partial charge in [0.25, 0.3) is 11.8 Å². The van der Waals surface area contributed by atoms with E-state index in [4.69, 9.17) is 5.21 Å². The largest absolute Gasteiger partial charge is 0.336 e. The number of carbonyl (C=O) groups is 2. The van der Waals surface area contributed by atoms with Gasteiger partial charge in [-0.25, -0.2) is 5.48 Å². The van der Waals surface area contributed by atoms with Gasteiger partial charge in [0.15, 0.2) is 0 Å². The molecule has 170 valence electrons. The highest BCUT2D eigenvalue weighted by Crippen LogP contribution is 2.23. The van der Waals surface area contributed by atoms with Crippen molar-refractivity contribution < 1.29 is 14.8 Å². The summed E-state index contributed by atoms with van der Waals surface area (Å²) in [4.78, 5) is 33.3. The van der Waals surface area contributed by atoms with Gasteiger partial charge in [0, 0.05) is 60.8 Å². The standard InChI is InChI=1S/C26H28N4O3/c1-18-15-29(26(32)23-6-3-5-22(13-23)24-7-4-12-27-14-24)16-19(2)30(18)17-20-8-10-21(11-9-20)25(31)28-33/h3-14,18-19,33H,15-17H2,1-2H3,(H,28,31)/t18-,19+. The minimum atomic E-state index is -0.525. The Labute approximate surface area is 193 Å². The third-order valence-corrected chi connectivity index (χ3v) is 6.18. The molecule has 1 aromatic heterocycles. The maximum absolute atomic E-state index is 13.3. The normalized spacial score (nSPS) is 18.7. The number of pyridine rings is 1. The van der Waals surface area contributed by atoms with Crippen molar-refractivity contribution in [2.45, 2.75) is 32.5 Å². The van der Waals surface area contributed by atoms with Gasteiger partial charge in [-0.3, -0.25) is 24.7 Å². The summed E-state index contributed by atoms with van der Waals surface area (Å²) in [7, 11) is 0. The molecule has 1 fully saturated rings. The van der Waals surface area contributed by atoms with Crippen molar-refractivity contribution >= 4 is 11.8 Å². The van der Waals surface area contributed by atoms with Crippen LogP contribution in [0.2, 0.25) is 0 Å². The smallest absolute Gasteiger partial charge is 0.274 e. The maximum atomic E-state index is 13.3. The van der Waals surface area contributed by atoms with Crippen molar-refractivity contribution in [1.82, 2.24) is 20.3 Å². The lowest BCUT2D eigenvalue weighted by Crippen LogP contribution is -2.57. The molecule has 2 amide bonds. The van der Waals surface area contributed by atoms with Crippen LogP contribution in [0.5, 0.6) is 0 Å². The number of rotatable bonds is 5. The van der Waals surface area contributed by atoms with Gasteiger partial charge in [0.2, 0.25) is 0 Å². The van der Waals surface area contributed by atoms with Crippen molar-refractivity contribution in [3.63, 3.8) is 0 Å². The summed E-state index contributed by atoms with van der Waals surface area (Å²) < 4.78 is 0. The molecule has 4 rings (SSSR count). The van der Waals surface area contributed by atoms with E-state index >= 15 is 0 Å². The first-order valence-electron chi connectivity index (χ1n) is 11.0. The number of benzene rings is 2. The van der Waals surface area contributed by atoms with Gasteiger partial charge in [0.05, 0.1) is 0 Å². The van der Waals surface area contributed by atoms with Crippen LogP contribution in [0.25, 0.3) is 11.1 Å². The van der Waals surface area contributed by atoms with E-state index in [0.29, 0.717) is 24.2 Å². The fraction of sp³-hybridized carbons (Fsp3) is 0.269. The molecule has 1 aliphatic rings. The van der Waals surface area contributed by atoms with Crippen molar-refractivity contribution in [3.8, 4) is 11.1 Å². The van der Waals surface area contributed by atoms with Gasteiger partial charge >= 0.3 is 0 Å². The molecule has 2 N–H and O–H groups in total. The summed E-state index contributed by atoms with van der Waals surface area (Å²) in [5, 5.41) is 8.77. The molecule has 3 aromatic rings. The van der Waals surface area contributed by atoms with Gasteiger partial charge in [-0.2, -0.15) is 0 Å². The Balaban J connectivity index is 1.43. The van der Waals surface area contributed by atoms with E-state index in [-0.39, 0.29) is 18.0 Å². The molecule has 0 radical (unpaired) electrons. The molecular formula is C26H28N4O3. The lowest BCUT2D eigenvalue weighted by molar-refractivity contribution is 0.0270. The lowest BCUT2D eigenvalue weighted by Gasteiger charge is -2.44. The Morgan fingerprint density at radius 2 is 1.67 bits per heavy atom. The summed E-state index contributed by atoms with van der Waals surface area (Å²) in [5.41, 5.74) is 5.78. The van der Waals surface area contributed by atoms with E-state index in [2.05, 4.69) is 23.7 Å². The third kappa shape index (κ3) is 5.10. The lowest BCUT2D eigenvalue weighted by atomic mass is 10.0. The zero-order valence-electron chi connectivity index (χ0n) is 18.8. The van der Waals surface area contributed by atoms with Crippen molar-refractivity contribution in [2.75, 3.05) is 13.1 Å². The van der Waals surface area contributed by atoms with Gasteiger partial charge < -0.3 is 4.90 Å². The van der Waals surface area contributed by atoms with Gasteiger partial charge in [-0.05, 0) is 55.3 Å². The third-order valence-electron chi connectivity index (χ3n) is 6.18. The summed E-state index contributed by atoms with van der Waals surface area (Å²) in [6, 6.07) is 19.1. The molecule has 2 atom stereocenters. The number of hydroxylamine groups is 1. The molecular weight excluding hydrogens is 416 g/mol. The maximum Gasteiger partial charge on any atom is 0.274 e. The molecule has 0 bridgehead atoms. The van der Waals surface area contributed by atoms with Crippen LogP contribution in [0, 0.1) is 0 Å². The molecule has 1 aliphatic heterocycles. The van der Waals surface area contributed by atoms with Crippen LogP contribution in [-0.4, -0.2) is 57.0 Å². The summed E-state index contributed by atoms with van der Waals surface area (Å²) in [6.07, 6.45) is 3.54. The average Bonchev–Trinajstić information content (AvgIpc) is 2.86. The van der Waals surface area contributed by atoms with Crippen molar-refractivity contribution in [2.24, 2.45) is 0 Å². The minimum absolute atomic E-state index is 0.0402. The van der Waals surface area contributed by atoms with E-state index in [1.807, 2.05) is 53.4 Å². The Hall–Kier alpha value is -3.55. The second-order valence-electron chi connectivity index (χ2n) is 8.54. The van der Waals surface area contributed by atoms with Gasteiger partial charge in [-0.15, -0.1) is 0 Å². The number of piperazine rings is 1. The van der Waals surface area contributed by atoms with Crippen LogP contribution in [-0.2, 0) is 6.54 Å². The molecule has 7 nitrogen and oxygen atoms in total. The predicted octanol–water partition coefficient (Wildman–Crippen LogP) is 3.60. The molecule has 0 aliphatic carbocycles. The Morgan fingerprint density at radius 3 is 2.30 bits per heavy atom. The number of amides is 2. The summed E-state index contributed by atoms with van der Waals surface area (Å²) in [6.45, 7) is 6.28. The first kappa shape index (κ1) is 22.6. The Morgan fingerprint density at radius 1 is 0.970 bits per heavy atom. The van der Waals surface area contributed by atoms with E-state index in [1.165, 1.54) is 0 Å². The first-order chi connectivity index (χ1) is 16.0. The fourth-order valence-corrected chi connectivity index (χ4v) is 4.42. The predicted molar refractivity (Wildman–Crippen MR) is 126 cm³/mol. The van der Waals surface area contributed by atoms with Gasteiger partial charge in [-0.1, -0.05) is 30.3 Å². The first-order valence-corrected chi connectivity index (χ1v) is 11.0. The fourth-order valence-electron chi connectivity index (χ4n) is 4.42. The molecule has 0 saturated carbocycles. The van der Waals surface area contributed by atoms with Crippen molar-refractivity contribution in [3.05, 3.63) is 89.7 Å². The van der Waals surface area contributed by atoms with Crippen LogP contribution in [0.15, 0.2) is 73.1 Å². The highest BCUT2D eigenvalue weighted by Gasteiger charge is 2.32. The topological polar surface area (TPSA) is 85.8 Å². The minimum Gasteiger partial charge on any atom is -0.336 e. The highest BCUT2D eigenvalue weighted by molar-refractivity contribution is 5.95. The van der Waals surface area contributed by atoms with Crippen LogP contribution in [0.4, 0.5) is 0 Å². The van der Waals surface area contributed by atoms with Crippen LogP contribution < -0.4 is 5.48 Å². The number of hydrogen-bond acceptors (Lipinski definition) is 5. The second-order valence-corrected chi connectivity index (χ2v) is 8.54. The van der Waals surface area contributed by atoms with Crippen LogP contribution in [0.3, 0.4) is 0 Å². The van der Waals surface area contributed by atoms with E-state index in [1.54, 1.807) is 30.0 Å². The van der Waals surface area contributed by atoms with Crippen LogP contribution in [0.1, 0.15) is 40.1 Å². The molecule has 2 aromatic carbocycles. The highest BCUT2D eigenvalue weighted by atomic mass is 16.5.